The molecule has 0 aliphatic rings. The van der Waals surface area contributed by atoms with Crippen molar-refractivity contribution in [2.45, 2.75) is 12.3 Å². The number of hydrogen-bond donors (Lipinski definition) is 0. The van der Waals surface area contributed by atoms with Gasteiger partial charge in [0, 0.05) is 8.95 Å². The molecule has 88 valence electrons. The van der Waals surface area contributed by atoms with Crippen LogP contribution in [0.2, 0.25) is 0 Å². The molecule has 0 aliphatic heterocycles. The van der Waals surface area contributed by atoms with Crippen LogP contribution >= 0.6 is 43.5 Å². The molecule has 0 saturated heterocycles. The molecule has 0 radical (unpaired) electrons. The highest BCUT2D eigenvalue weighted by Crippen LogP contribution is 2.31. The highest BCUT2D eigenvalue weighted by Gasteiger charge is 2.11. The molecule has 0 N–H and O–H groups in total. The molecule has 2 aromatic carbocycles. The van der Waals surface area contributed by atoms with Crippen LogP contribution in [-0.4, -0.2) is 0 Å². The van der Waals surface area contributed by atoms with E-state index in [1.807, 2.05) is 30.3 Å². The number of hydrogen-bond acceptors (Lipinski definition) is 0. The van der Waals surface area contributed by atoms with Gasteiger partial charge in [0.15, 0.2) is 0 Å². The first kappa shape index (κ1) is 13.1. The molecule has 3 heteroatoms. The topological polar surface area (TPSA) is 0 Å². The van der Waals surface area contributed by atoms with Crippen LogP contribution in [0.1, 0.15) is 22.1 Å². The Morgan fingerprint density at radius 2 is 1.53 bits per heavy atom. The number of rotatable bonds is 2. The monoisotopic (exact) mass is 372 g/mol. The van der Waals surface area contributed by atoms with E-state index in [9.17, 15) is 0 Å². The minimum absolute atomic E-state index is 0.102. The quantitative estimate of drug-likeness (QED) is 0.579. The second kappa shape index (κ2) is 5.55. The fourth-order valence-electron chi connectivity index (χ4n) is 1.65. The maximum absolute atomic E-state index is 6.48. The first-order valence-corrected chi connectivity index (χ1v) is 7.26. The van der Waals surface area contributed by atoms with Crippen LogP contribution in [-0.2, 0) is 0 Å². The first-order chi connectivity index (χ1) is 8.08. The van der Waals surface area contributed by atoms with Crippen molar-refractivity contribution in [1.29, 1.82) is 0 Å². The normalized spacial score (nSPS) is 12.5. The first-order valence-electron chi connectivity index (χ1n) is 5.23. The van der Waals surface area contributed by atoms with Crippen LogP contribution in [0.4, 0.5) is 0 Å². The summed E-state index contributed by atoms with van der Waals surface area (Å²) in [6, 6.07) is 14.3. The zero-order valence-corrected chi connectivity index (χ0v) is 13.2. The van der Waals surface area contributed by atoms with Crippen LogP contribution in [0.15, 0.2) is 51.4 Å². The van der Waals surface area contributed by atoms with Gasteiger partial charge in [-0.2, -0.15) is 0 Å². The number of alkyl halides is 1. The molecule has 0 aliphatic carbocycles. The number of aryl methyl sites for hydroxylation is 1. The van der Waals surface area contributed by atoms with Gasteiger partial charge in [-0.15, -0.1) is 11.6 Å². The largest absolute Gasteiger partial charge is 0.113 e. The van der Waals surface area contributed by atoms with E-state index >= 15 is 0 Å². The van der Waals surface area contributed by atoms with Gasteiger partial charge in [-0.1, -0.05) is 56.1 Å². The second-order valence-corrected chi connectivity index (χ2v) is 6.13. The van der Waals surface area contributed by atoms with E-state index < -0.39 is 0 Å². The Morgan fingerprint density at radius 1 is 0.941 bits per heavy atom. The summed E-state index contributed by atoms with van der Waals surface area (Å²) in [4.78, 5) is 0. The summed E-state index contributed by atoms with van der Waals surface area (Å²) in [6.45, 7) is 2.07. The minimum atomic E-state index is -0.102. The summed E-state index contributed by atoms with van der Waals surface area (Å²) in [7, 11) is 0. The van der Waals surface area contributed by atoms with Gasteiger partial charge < -0.3 is 0 Å². The molecule has 0 nitrogen and oxygen atoms in total. The van der Waals surface area contributed by atoms with Crippen LogP contribution in [0.25, 0.3) is 0 Å². The summed E-state index contributed by atoms with van der Waals surface area (Å²) in [5.41, 5.74) is 3.43. The lowest BCUT2D eigenvalue weighted by molar-refractivity contribution is 1.13. The molecule has 2 aromatic rings. The molecule has 0 heterocycles. The van der Waals surface area contributed by atoms with Gasteiger partial charge in [0.05, 0.1) is 5.38 Å². The molecule has 0 saturated carbocycles. The highest BCUT2D eigenvalue weighted by atomic mass is 79.9. The third-order valence-electron chi connectivity index (χ3n) is 2.64. The van der Waals surface area contributed by atoms with Crippen molar-refractivity contribution in [3.05, 3.63) is 68.1 Å². The van der Waals surface area contributed by atoms with Crippen LogP contribution in [0.5, 0.6) is 0 Å². The average Bonchev–Trinajstić information content (AvgIpc) is 2.33. The van der Waals surface area contributed by atoms with Crippen molar-refractivity contribution in [3.63, 3.8) is 0 Å². The Bertz CT molecular complexity index is 520. The molecule has 0 bridgehead atoms. The zero-order valence-electron chi connectivity index (χ0n) is 9.25. The molecule has 17 heavy (non-hydrogen) atoms. The van der Waals surface area contributed by atoms with E-state index in [0.29, 0.717) is 0 Å². The molecule has 1 atom stereocenters. The standard InChI is InChI=1S/C14H11Br2Cl/c1-9-8-11(4-7-13(9)16)14(17)10-2-5-12(15)6-3-10/h2-8,14H,1H3. The summed E-state index contributed by atoms with van der Waals surface area (Å²) in [5.74, 6) is 0. The highest BCUT2D eigenvalue weighted by molar-refractivity contribution is 9.10. The van der Waals surface area contributed by atoms with Crippen molar-refractivity contribution >= 4 is 43.5 Å². The molecule has 1 unspecified atom stereocenters. The van der Waals surface area contributed by atoms with Gasteiger partial charge in [0.25, 0.3) is 0 Å². The Labute approximate surface area is 123 Å². The summed E-state index contributed by atoms with van der Waals surface area (Å²) < 4.78 is 2.18. The van der Waals surface area contributed by atoms with Crippen molar-refractivity contribution < 1.29 is 0 Å². The zero-order chi connectivity index (χ0) is 12.4. The van der Waals surface area contributed by atoms with Gasteiger partial charge >= 0.3 is 0 Å². The average molecular weight is 375 g/mol. The van der Waals surface area contributed by atoms with Crippen molar-refractivity contribution in [3.8, 4) is 0 Å². The third kappa shape index (κ3) is 3.12. The summed E-state index contributed by atoms with van der Waals surface area (Å²) in [5, 5.41) is -0.102. The van der Waals surface area contributed by atoms with Gasteiger partial charge in [-0.05, 0) is 41.8 Å². The maximum Gasteiger partial charge on any atom is 0.0835 e. The van der Waals surface area contributed by atoms with Crippen LogP contribution in [0, 0.1) is 6.92 Å². The SMILES string of the molecule is Cc1cc(C(Cl)c2ccc(Br)cc2)ccc1Br. The van der Waals surface area contributed by atoms with E-state index in [0.717, 1.165) is 20.1 Å². The van der Waals surface area contributed by atoms with Gasteiger partial charge in [-0.3, -0.25) is 0 Å². The molecular weight excluding hydrogens is 363 g/mol. The fraction of sp³-hybridized carbons (Fsp3) is 0.143. The van der Waals surface area contributed by atoms with E-state index in [1.165, 1.54) is 5.56 Å². The minimum Gasteiger partial charge on any atom is -0.113 e. The van der Waals surface area contributed by atoms with E-state index in [-0.39, 0.29) is 5.38 Å². The van der Waals surface area contributed by atoms with Gasteiger partial charge in [-0.25, -0.2) is 0 Å². The summed E-state index contributed by atoms with van der Waals surface area (Å²) in [6.07, 6.45) is 0. The third-order valence-corrected chi connectivity index (χ3v) is 4.56. The molecule has 0 fully saturated rings. The molecule has 0 spiro atoms. The summed E-state index contributed by atoms with van der Waals surface area (Å²) >= 11 is 13.4. The van der Waals surface area contributed by atoms with Crippen LogP contribution in [0.3, 0.4) is 0 Å². The smallest absolute Gasteiger partial charge is 0.0835 e. The predicted octanol–water partition coefficient (Wildman–Crippen LogP) is 5.85. The lowest BCUT2D eigenvalue weighted by Gasteiger charge is -2.12. The molecular formula is C14H11Br2Cl. The number of benzene rings is 2. The molecule has 0 amide bonds. The van der Waals surface area contributed by atoms with Crippen molar-refractivity contribution in [2.75, 3.05) is 0 Å². The van der Waals surface area contributed by atoms with Gasteiger partial charge in [0.2, 0.25) is 0 Å². The fourth-order valence-corrected chi connectivity index (χ4v) is 2.44. The Kier molecular flexibility index (Phi) is 4.29. The maximum atomic E-state index is 6.48. The molecule has 0 aromatic heterocycles. The van der Waals surface area contributed by atoms with E-state index in [4.69, 9.17) is 11.6 Å². The lowest BCUT2D eigenvalue weighted by Crippen LogP contribution is -1.93. The molecule has 2 rings (SSSR count). The van der Waals surface area contributed by atoms with E-state index in [1.54, 1.807) is 0 Å². The Morgan fingerprint density at radius 3 is 2.12 bits per heavy atom. The Balaban J connectivity index is 2.33. The number of halogens is 3. The van der Waals surface area contributed by atoms with Crippen molar-refractivity contribution in [2.24, 2.45) is 0 Å². The van der Waals surface area contributed by atoms with Gasteiger partial charge in [0.1, 0.15) is 0 Å². The lowest BCUT2D eigenvalue weighted by atomic mass is 10.0. The Hall–Kier alpha value is -0.310. The van der Waals surface area contributed by atoms with E-state index in [2.05, 4.69) is 50.9 Å². The van der Waals surface area contributed by atoms with Crippen LogP contribution < -0.4 is 0 Å². The van der Waals surface area contributed by atoms with Crippen molar-refractivity contribution in [1.82, 2.24) is 0 Å². The second-order valence-electron chi connectivity index (χ2n) is 3.92. The predicted molar refractivity (Wildman–Crippen MR) is 80.7 cm³/mol.